The van der Waals surface area contributed by atoms with Crippen LogP contribution in [0, 0.1) is 0 Å². The van der Waals surface area contributed by atoms with E-state index in [1.165, 1.54) is 18.3 Å². The molecule has 1 aromatic heterocycles. The zero-order valence-electron chi connectivity index (χ0n) is 10.3. The Bertz CT molecular complexity index is 560. The van der Waals surface area contributed by atoms with E-state index in [2.05, 4.69) is 9.97 Å². The summed E-state index contributed by atoms with van der Waals surface area (Å²) in [6, 6.07) is 5.09. The zero-order valence-corrected chi connectivity index (χ0v) is 10.3. The molecule has 19 heavy (non-hydrogen) atoms. The van der Waals surface area contributed by atoms with Gasteiger partial charge in [0.25, 0.3) is 0 Å². The molecule has 1 unspecified atom stereocenters. The molecule has 0 saturated carbocycles. The molecule has 6 heteroatoms. The number of nitrogens with zero attached hydrogens (tertiary/aromatic N) is 1. The summed E-state index contributed by atoms with van der Waals surface area (Å²) >= 11 is 0. The van der Waals surface area contributed by atoms with Gasteiger partial charge in [-0.3, -0.25) is 0 Å². The maximum atomic E-state index is 12.9. The lowest BCUT2D eigenvalue weighted by molar-refractivity contribution is -0.137. The molecule has 3 nitrogen and oxygen atoms in total. The summed E-state index contributed by atoms with van der Waals surface area (Å²) in [5.74, 6) is 0.495. The van der Waals surface area contributed by atoms with E-state index in [1.54, 1.807) is 6.07 Å². The first-order chi connectivity index (χ1) is 8.93. The molecule has 0 fully saturated rings. The Kier molecular flexibility index (Phi) is 3.61. The summed E-state index contributed by atoms with van der Waals surface area (Å²) in [6.07, 6.45) is -2.35. The van der Waals surface area contributed by atoms with Gasteiger partial charge in [-0.2, -0.15) is 13.2 Å². The third-order valence-electron chi connectivity index (χ3n) is 2.91. The SMILES string of the molecule is CCC(N)c1ncc(-c2ccccc2C(F)(F)F)[nH]1. The van der Waals surface area contributed by atoms with Crippen molar-refractivity contribution in [1.29, 1.82) is 0 Å². The van der Waals surface area contributed by atoms with Crippen molar-refractivity contribution >= 4 is 0 Å². The number of aromatic amines is 1. The van der Waals surface area contributed by atoms with Gasteiger partial charge in [-0.15, -0.1) is 0 Å². The number of benzene rings is 1. The van der Waals surface area contributed by atoms with Gasteiger partial charge in [0.15, 0.2) is 0 Å². The molecular formula is C13H14F3N3. The van der Waals surface area contributed by atoms with E-state index < -0.39 is 11.7 Å². The molecule has 1 aromatic carbocycles. The molecule has 0 aliphatic carbocycles. The molecule has 2 rings (SSSR count). The highest BCUT2D eigenvalue weighted by molar-refractivity contribution is 5.64. The number of halogens is 3. The number of alkyl halides is 3. The van der Waals surface area contributed by atoms with Gasteiger partial charge in [0.2, 0.25) is 0 Å². The van der Waals surface area contributed by atoms with Gasteiger partial charge in [-0.25, -0.2) is 4.98 Å². The lowest BCUT2D eigenvalue weighted by atomic mass is 10.0. The second-order valence-corrected chi connectivity index (χ2v) is 4.24. The lowest BCUT2D eigenvalue weighted by Crippen LogP contribution is -2.10. The van der Waals surface area contributed by atoms with E-state index in [9.17, 15) is 13.2 Å². The van der Waals surface area contributed by atoms with E-state index in [-0.39, 0.29) is 11.6 Å². The third-order valence-corrected chi connectivity index (χ3v) is 2.91. The summed E-state index contributed by atoms with van der Waals surface area (Å²) in [5.41, 5.74) is 5.51. The predicted molar refractivity (Wildman–Crippen MR) is 66.2 cm³/mol. The smallest absolute Gasteiger partial charge is 0.341 e. The van der Waals surface area contributed by atoms with Crippen LogP contribution in [0.4, 0.5) is 13.2 Å². The van der Waals surface area contributed by atoms with Crippen LogP contribution < -0.4 is 5.73 Å². The molecular weight excluding hydrogens is 255 g/mol. The third kappa shape index (κ3) is 2.78. The predicted octanol–water partition coefficient (Wildman–Crippen LogP) is 3.51. The lowest BCUT2D eigenvalue weighted by Gasteiger charge is -2.11. The van der Waals surface area contributed by atoms with Crippen LogP contribution in [0.5, 0.6) is 0 Å². The molecule has 2 aromatic rings. The monoisotopic (exact) mass is 269 g/mol. The van der Waals surface area contributed by atoms with Gasteiger partial charge in [0.1, 0.15) is 5.82 Å². The fraction of sp³-hybridized carbons (Fsp3) is 0.308. The minimum Gasteiger partial charge on any atom is -0.341 e. The van der Waals surface area contributed by atoms with Crippen molar-refractivity contribution in [2.75, 3.05) is 0 Å². The summed E-state index contributed by atoms with van der Waals surface area (Å²) in [5, 5.41) is 0. The van der Waals surface area contributed by atoms with Crippen LogP contribution in [0.3, 0.4) is 0 Å². The normalized spacial score (nSPS) is 13.5. The number of aromatic nitrogens is 2. The fourth-order valence-corrected chi connectivity index (χ4v) is 1.82. The number of nitrogens with one attached hydrogen (secondary N) is 1. The van der Waals surface area contributed by atoms with Gasteiger partial charge in [0, 0.05) is 5.56 Å². The maximum absolute atomic E-state index is 12.9. The average Bonchev–Trinajstić information content (AvgIpc) is 2.86. The van der Waals surface area contributed by atoms with Crippen molar-refractivity contribution in [3.8, 4) is 11.3 Å². The Morgan fingerprint density at radius 2 is 2.00 bits per heavy atom. The highest BCUT2D eigenvalue weighted by Gasteiger charge is 2.33. The van der Waals surface area contributed by atoms with Crippen LogP contribution >= 0.6 is 0 Å². The van der Waals surface area contributed by atoms with Crippen LogP contribution in [0.25, 0.3) is 11.3 Å². The summed E-state index contributed by atoms with van der Waals surface area (Å²) in [7, 11) is 0. The summed E-state index contributed by atoms with van der Waals surface area (Å²) < 4.78 is 38.7. The Hall–Kier alpha value is -1.82. The number of H-pyrrole nitrogens is 1. The first kappa shape index (κ1) is 13.6. The average molecular weight is 269 g/mol. The molecule has 0 amide bonds. The number of nitrogens with two attached hydrogens (primary N) is 1. The molecule has 102 valence electrons. The van der Waals surface area contributed by atoms with Gasteiger partial charge in [0.05, 0.1) is 23.5 Å². The quantitative estimate of drug-likeness (QED) is 0.895. The van der Waals surface area contributed by atoms with Crippen LogP contribution in [0.1, 0.15) is 30.8 Å². The van der Waals surface area contributed by atoms with Crippen LogP contribution in [0.2, 0.25) is 0 Å². The minimum atomic E-state index is -4.39. The van der Waals surface area contributed by atoms with Crippen molar-refractivity contribution < 1.29 is 13.2 Å². The van der Waals surface area contributed by atoms with Crippen molar-refractivity contribution in [2.45, 2.75) is 25.6 Å². The Balaban J connectivity index is 2.45. The number of rotatable bonds is 3. The van der Waals surface area contributed by atoms with Gasteiger partial charge >= 0.3 is 6.18 Å². The second kappa shape index (κ2) is 5.05. The first-order valence-electron chi connectivity index (χ1n) is 5.90. The Morgan fingerprint density at radius 3 is 2.63 bits per heavy atom. The highest BCUT2D eigenvalue weighted by atomic mass is 19.4. The second-order valence-electron chi connectivity index (χ2n) is 4.24. The van der Waals surface area contributed by atoms with Crippen LogP contribution in [-0.4, -0.2) is 9.97 Å². The molecule has 1 heterocycles. The molecule has 0 bridgehead atoms. The first-order valence-corrected chi connectivity index (χ1v) is 5.90. The largest absolute Gasteiger partial charge is 0.417 e. The molecule has 0 aliphatic heterocycles. The Morgan fingerprint density at radius 1 is 1.32 bits per heavy atom. The maximum Gasteiger partial charge on any atom is 0.417 e. The van der Waals surface area contributed by atoms with Crippen LogP contribution in [-0.2, 0) is 6.18 Å². The molecule has 0 aliphatic rings. The van der Waals surface area contributed by atoms with Gasteiger partial charge in [-0.1, -0.05) is 25.1 Å². The summed E-state index contributed by atoms with van der Waals surface area (Å²) in [6.45, 7) is 1.89. The van der Waals surface area contributed by atoms with Crippen LogP contribution in [0.15, 0.2) is 30.5 Å². The zero-order chi connectivity index (χ0) is 14.0. The topological polar surface area (TPSA) is 54.7 Å². The van der Waals surface area contributed by atoms with E-state index >= 15 is 0 Å². The molecule has 3 N–H and O–H groups in total. The number of hydrogen-bond acceptors (Lipinski definition) is 2. The van der Waals surface area contributed by atoms with Crippen molar-refractivity contribution in [1.82, 2.24) is 9.97 Å². The molecule has 0 saturated heterocycles. The molecule has 0 spiro atoms. The Labute approximate surface area is 108 Å². The highest BCUT2D eigenvalue weighted by Crippen LogP contribution is 2.36. The molecule has 1 atom stereocenters. The van der Waals surface area contributed by atoms with E-state index in [1.807, 2.05) is 6.92 Å². The minimum absolute atomic E-state index is 0.0806. The fourth-order valence-electron chi connectivity index (χ4n) is 1.82. The van der Waals surface area contributed by atoms with E-state index in [4.69, 9.17) is 5.73 Å². The van der Waals surface area contributed by atoms with E-state index in [0.717, 1.165) is 6.07 Å². The summed E-state index contributed by atoms with van der Waals surface area (Å²) in [4.78, 5) is 6.90. The van der Waals surface area contributed by atoms with E-state index in [0.29, 0.717) is 17.9 Å². The van der Waals surface area contributed by atoms with Gasteiger partial charge < -0.3 is 10.7 Å². The van der Waals surface area contributed by atoms with Crippen molar-refractivity contribution in [2.24, 2.45) is 5.73 Å². The van der Waals surface area contributed by atoms with Crippen molar-refractivity contribution in [3.63, 3.8) is 0 Å². The van der Waals surface area contributed by atoms with Crippen molar-refractivity contribution in [3.05, 3.63) is 41.9 Å². The standard InChI is InChI=1S/C13H14F3N3/c1-2-10(17)12-18-7-11(19-12)8-5-3-4-6-9(8)13(14,15)16/h3-7,10H,2,17H2,1H3,(H,18,19). The number of imidazole rings is 1. The van der Waals surface area contributed by atoms with Gasteiger partial charge in [-0.05, 0) is 12.5 Å². The molecule has 0 radical (unpaired) electrons. The number of hydrogen-bond donors (Lipinski definition) is 2.